The van der Waals surface area contributed by atoms with Crippen LogP contribution in [-0.2, 0) is 14.3 Å². The molecule has 1 atom stereocenters. The van der Waals surface area contributed by atoms with Crippen LogP contribution in [0.2, 0.25) is 0 Å². The van der Waals surface area contributed by atoms with E-state index < -0.39 is 23.3 Å². The molecule has 0 N–H and O–H groups in total. The van der Waals surface area contributed by atoms with E-state index in [9.17, 15) is 9.59 Å². The summed E-state index contributed by atoms with van der Waals surface area (Å²) in [5.41, 5.74) is -1.01. The Morgan fingerprint density at radius 3 is 2.53 bits per heavy atom. The minimum atomic E-state index is -0.563. The molecule has 1 saturated heterocycles. The molecular formula is C12H21NO4. The first-order valence-electron chi connectivity index (χ1n) is 5.73. The van der Waals surface area contributed by atoms with Gasteiger partial charge in [-0.05, 0) is 34.6 Å². The van der Waals surface area contributed by atoms with Gasteiger partial charge in [-0.15, -0.1) is 0 Å². The highest BCUT2D eigenvalue weighted by molar-refractivity contribution is 5.74. The molecule has 0 bridgehead atoms. The summed E-state index contributed by atoms with van der Waals surface area (Å²) in [6.07, 6.45) is 0.255. The summed E-state index contributed by atoms with van der Waals surface area (Å²) in [6.45, 7) is 9.73. The SMILES string of the molecule is CC(C)(C)OC(=O)N1CC(C)(C)OC[C@@H]1C=O. The van der Waals surface area contributed by atoms with Gasteiger partial charge in [0.05, 0.1) is 18.8 Å². The third kappa shape index (κ3) is 4.00. The Morgan fingerprint density at radius 1 is 1.47 bits per heavy atom. The molecule has 1 rings (SSSR count). The van der Waals surface area contributed by atoms with Crippen molar-refractivity contribution >= 4 is 12.4 Å². The third-order valence-electron chi connectivity index (χ3n) is 2.38. The van der Waals surface area contributed by atoms with Crippen molar-refractivity contribution in [3.63, 3.8) is 0 Å². The van der Waals surface area contributed by atoms with Gasteiger partial charge >= 0.3 is 6.09 Å². The smallest absolute Gasteiger partial charge is 0.411 e. The zero-order valence-electron chi connectivity index (χ0n) is 11.1. The van der Waals surface area contributed by atoms with E-state index in [-0.39, 0.29) is 6.61 Å². The van der Waals surface area contributed by atoms with Crippen molar-refractivity contribution in [3.05, 3.63) is 0 Å². The zero-order valence-corrected chi connectivity index (χ0v) is 11.1. The second-order valence-corrected chi connectivity index (χ2v) is 5.88. The van der Waals surface area contributed by atoms with Crippen molar-refractivity contribution in [2.24, 2.45) is 0 Å². The van der Waals surface area contributed by atoms with Gasteiger partial charge in [-0.3, -0.25) is 4.90 Å². The zero-order chi connectivity index (χ0) is 13.3. The molecule has 5 heteroatoms. The normalized spacial score (nSPS) is 24.3. The molecule has 0 aromatic heterocycles. The van der Waals surface area contributed by atoms with Crippen LogP contribution >= 0.6 is 0 Å². The topological polar surface area (TPSA) is 55.8 Å². The Hall–Kier alpha value is -1.10. The van der Waals surface area contributed by atoms with Gasteiger partial charge in [0.2, 0.25) is 0 Å². The van der Waals surface area contributed by atoms with E-state index in [0.29, 0.717) is 6.54 Å². The van der Waals surface area contributed by atoms with Crippen LogP contribution in [0.3, 0.4) is 0 Å². The summed E-state index contributed by atoms with van der Waals surface area (Å²) in [7, 11) is 0. The van der Waals surface area contributed by atoms with E-state index in [1.165, 1.54) is 4.90 Å². The summed E-state index contributed by atoms with van der Waals surface area (Å²) in [5.74, 6) is 0. The maximum Gasteiger partial charge on any atom is 0.411 e. The van der Waals surface area contributed by atoms with Crippen LogP contribution in [0.4, 0.5) is 4.79 Å². The molecule has 1 aliphatic rings. The molecule has 0 aromatic rings. The molecule has 0 aromatic carbocycles. The molecule has 1 heterocycles. The fourth-order valence-corrected chi connectivity index (χ4v) is 1.61. The number of amides is 1. The molecule has 0 aliphatic carbocycles. The van der Waals surface area contributed by atoms with Gasteiger partial charge in [-0.1, -0.05) is 0 Å². The van der Waals surface area contributed by atoms with E-state index in [0.717, 1.165) is 6.29 Å². The second kappa shape index (κ2) is 4.64. The number of carbonyl (C=O) groups excluding carboxylic acids is 2. The maximum absolute atomic E-state index is 12.0. The lowest BCUT2D eigenvalue weighted by atomic mass is 10.1. The van der Waals surface area contributed by atoms with Gasteiger partial charge < -0.3 is 14.3 Å². The predicted molar refractivity (Wildman–Crippen MR) is 62.8 cm³/mol. The fourth-order valence-electron chi connectivity index (χ4n) is 1.61. The molecule has 0 spiro atoms. The van der Waals surface area contributed by atoms with Crippen molar-refractivity contribution in [2.45, 2.75) is 51.9 Å². The van der Waals surface area contributed by atoms with Crippen molar-refractivity contribution in [2.75, 3.05) is 13.2 Å². The minimum Gasteiger partial charge on any atom is -0.444 e. The van der Waals surface area contributed by atoms with Gasteiger partial charge in [-0.25, -0.2) is 4.79 Å². The monoisotopic (exact) mass is 243 g/mol. The van der Waals surface area contributed by atoms with Crippen LogP contribution in [0.5, 0.6) is 0 Å². The van der Waals surface area contributed by atoms with E-state index in [1.54, 1.807) is 20.8 Å². The molecular weight excluding hydrogens is 222 g/mol. The van der Waals surface area contributed by atoms with Crippen molar-refractivity contribution in [3.8, 4) is 0 Å². The van der Waals surface area contributed by atoms with E-state index >= 15 is 0 Å². The number of nitrogens with zero attached hydrogens (tertiary/aromatic N) is 1. The Labute approximate surface area is 102 Å². The molecule has 1 aliphatic heterocycles. The first kappa shape index (κ1) is 14.0. The van der Waals surface area contributed by atoms with Crippen LogP contribution < -0.4 is 0 Å². The van der Waals surface area contributed by atoms with Crippen LogP contribution in [0, 0.1) is 0 Å². The number of carbonyl (C=O) groups is 2. The van der Waals surface area contributed by atoms with Crippen LogP contribution in [0.25, 0.3) is 0 Å². The van der Waals surface area contributed by atoms with Gasteiger partial charge in [-0.2, -0.15) is 0 Å². The number of aldehydes is 1. The second-order valence-electron chi connectivity index (χ2n) is 5.88. The lowest BCUT2D eigenvalue weighted by molar-refractivity contribution is -0.134. The Balaban J connectivity index is 2.76. The van der Waals surface area contributed by atoms with E-state index in [1.807, 2.05) is 13.8 Å². The molecule has 0 unspecified atom stereocenters. The van der Waals surface area contributed by atoms with Crippen molar-refractivity contribution in [1.29, 1.82) is 0 Å². The molecule has 0 saturated carbocycles. The third-order valence-corrected chi connectivity index (χ3v) is 2.38. The van der Waals surface area contributed by atoms with Gasteiger partial charge in [0.15, 0.2) is 0 Å². The lowest BCUT2D eigenvalue weighted by Gasteiger charge is -2.41. The summed E-state index contributed by atoms with van der Waals surface area (Å²) in [6, 6.07) is -0.558. The Bertz CT molecular complexity index is 306. The Kier molecular flexibility index (Phi) is 3.81. The highest BCUT2D eigenvalue weighted by Gasteiger charge is 2.38. The molecule has 1 amide bonds. The Morgan fingerprint density at radius 2 is 2.06 bits per heavy atom. The molecule has 0 radical (unpaired) electrons. The van der Waals surface area contributed by atoms with E-state index in [4.69, 9.17) is 9.47 Å². The van der Waals surface area contributed by atoms with Crippen LogP contribution in [-0.4, -0.2) is 47.7 Å². The molecule has 5 nitrogen and oxygen atoms in total. The van der Waals surface area contributed by atoms with Crippen LogP contribution in [0.15, 0.2) is 0 Å². The van der Waals surface area contributed by atoms with Gasteiger partial charge in [0.1, 0.15) is 17.9 Å². The first-order chi connectivity index (χ1) is 7.64. The number of morpholine rings is 1. The van der Waals surface area contributed by atoms with Gasteiger partial charge in [0, 0.05) is 0 Å². The predicted octanol–water partition coefficient (Wildman–Crippen LogP) is 1.60. The van der Waals surface area contributed by atoms with Crippen molar-refractivity contribution < 1.29 is 19.1 Å². The average molecular weight is 243 g/mol. The van der Waals surface area contributed by atoms with E-state index in [2.05, 4.69) is 0 Å². The number of hydrogen-bond acceptors (Lipinski definition) is 4. The largest absolute Gasteiger partial charge is 0.444 e. The minimum absolute atomic E-state index is 0.218. The summed E-state index contributed by atoms with van der Waals surface area (Å²) >= 11 is 0. The standard InChI is InChI=1S/C12H21NO4/c1-11(2,3)17-10(15)13-8-12(4,5)16-7-9(13)6-14/h6,9H,7-8H2,1-5H3/t9-/m0/s1. The number of hydrogen-bond donors (Lipinski definition) is 0. The number of rotatable bonds is 1. The summed E-state index contributed by atoms with van der Waals surface area (Å²) < 4.78 is 10.8. The van der Waals surface area contributed by atoms with Crippen molar-refractivity contribution in [1.82, 2.24) is 4.90 Å². The molecule has 98 valence electrons. The first-order valence-corrected chi connectivity index (χ1v) is 5.73. The maximum atomic E-state index is 12.0. The number of ether oxygens (including phenoxy) is 2. The quantitative estimate of drug-likeness (QED) is 0.656. The summed E-state index contributed by atoms with van der Waals surface area (Å²) in [4.78, 5) is 24.3. The highest BCUT2D eigenvalue weighted by Crippen LogP contribution is 2.22. The summed E-state index contributed by atoms with van der Waals surface area (Å²) in [5, 5.41) is 0. The lowest BCUT2D eigenvalue weighted by Crippen LogP contribution is -2.57. The highest BCUT2D eigenvalue weighted by atomic mass is 16.6. The molecule has 1 fully saturated rings. The fraction of sp³-hybridized carbons (Fsp3) is 0.833. The molecule has 17 heavy (non-hydrogen) atoms. The van der Waals surface area contributed by atoms with Crippen LogP contribution in [0.1, 0.15) is 34.6 Å². The van der Waals surface area contributed by atoms with Gasteiger partial charge in [0.25, 0.3) is 0 Å². The average Bonchev–Trinajstić information content (AvgIpc) is 2.13.